The molecule has 0 unspecified atom stereocenters. The summed E-state index contributed by atoms with van der Waals surface area (Å²) in [6.45, 7) is 6.80. The number of carbonyl (C=O) groups excluding carboxylic acids is 1. The summed E-state index contributed by atoms with van der Waals surface area (Å²) in [6.07, 6.45) is 0.533. The fourth-order valence-corrected chi connectivity index (χ4v) is 3.21. The summed E-state index contributed by atoms with van der Waals surface area (Å²) in [5.74, 6) is 2.74. The third-order valence-corrected chi connectivity index (χ3v) is 4.93. The Kier molecular flexibility index (Phi) is 7.86. The van der Waals surface area contributed by atoms with Crippen molar-refractivity contribution in [3.8, 4) is 5.75 Å². The first-order valence-electron chi connectivity index (χ1n) is 8.68. The van der Waals surface area contributed by atoms with Gasteiger partial charge in [0.1, 0.15) is 5.75 Å². The Morgan fingerprint density at radius 2 is 1.88 bits per heavy atom. The number of hydrogen-bond donors (Lipinski definition) is 1. The number of carbonyl (C=O) groups is 1. The number of ether oxygens (including phenoxy) is 1. The van der Waals surface area contributed by atoms with Gasteiger partial charge in [-0.25, -0.2) is 0 Å². The van der Waals surface area contributed by atoms with E-state index in [1.54, 1.807) is 11.8 Å². The van der Waals surface area contributed by atoms with Gasteiger partial charge in [-0.15, -0.1) is 0 Å². The molecule has 3 nitrogen and oxygen atoms in total. The standard InChI is InChI=1S/C21H27NO2S/c1-16-9-10-17(2)20(15-16)24-12-14-25-13-11-21(23)22-18(3)19-7-5-4-6-8-19/h4-10,15,18H,11-14H2,1-3H3,(H,22,23)/t18-/m0/s1. The van der Waals surface area contributed by atoms with Crippen molar-refractivity contribution in [1.82, 2.24) is 5.32 Å². The lowest BCUT2D eigenvalue weighted by Gasteiger charge is -2.14. The van der Waals surface area contributed by atoms with Gasteiger partial charge in [0.15, 0.2) is 0 Å². The van der Waals surface area contributed by atoms with E-state index in [9.17, 15) is 4.79 Å². The molecule has 0 aliphatic carbocycles. The summed E-state index contributed by atoms with van der Waals surface area (Å²) in [4.78, 5) is 12.0. The maximum Gasteiger partial charge on any atom is 0.221 e. The molecule has 0 bridgehead atoms. The van der Waals surface area contributed by atoms with Gasteiger partial charge in [-0.3, -0.25) is 4.79 Å². The highest BCUT2D eigenvalue weighted by Gasteiger charge is 2.08. The second kappa shape index (κ2) is 10.1. The van der Waals surface area contributed by atoms with Crippen LogP contribution in [0.4, 0.5) is 0 Å². The first-order valence-corrected chi connectivity index (χ1v) is 9.84. The molecule has 0 aliphatic rings. The first kappa shape index (κ1) is 19.4. The number of amides is 1. The van der Waals surface area contributed by atoms with E-state index >= 15 is 0 Å². The Morgan fingerprint density at radius 3 is 2.64 bits per heavy atom. The molecule has 0 heterocycles. The molecule has 4 heteroatoms. The second-order valence-corrected chi connectivity index (χ2v) is 7.40. The van der Waals surface area contributed by atoms with Crippen molar-refractivity contribution in [3.05, 3.63) is 65.2 Å². The molecule has 1 N–H and O–H groups in total. The average molecular weight is 358 g/mol. The fraction of sp³-hybridized carbons (Fsp3) is 0.381. The molecule has 2 aromatic rings. The minimum atomic E-state index is 0.0475. The molecule has 0 saturated heterocycles. The van der Waals surface area contributed by atoms with Crippen LogP contribution in [-0.2, 0) is 4.79 Å². The highest BCUT2D eigenvalue weighted by molar-refractivity contribution is 7.99. The maximum atomic E-state index is 12.0. The number of thioether (sulfide) groups is 1. The molecule has 25 heavy (non-hydrogen) atoms. The average Bonchev–Trinajstić information content (AvgIpc) is 2.61. The van der Waals surface area contributed by atoms with Gasteiger partial charge in [-0.1, -0.05) is 42.5 Å². The van der Waals surface area contributed by atoms with Crippen LogP contribution >= 0.6 is 11.8 Å². The Hall–Kier alpha value is -1.94. The van der Waals surface area contributed by atoms with Crippen LogP contribution in [-0.4, -0.2) is 24.0 Å². The van der Waals surface area contributed by atoms with Crippen LogP contribution < -0.4 is 10.1 Å². The van der Waals surface area contributed by atoms with Gasteiger partial charge in [-0.2, -0.15) is 11.8 Å². The molecule has 0 radical (unpaired) electrons. The van der Waals surface area contributed by atoms with Crippen molar-refractivity contribution in [3.63, 3.8) is 0 Å². The highest BCUT2D eigenvalue weighted by atomic mass is 32.2. The zero-order valence-corrected chi connectivity index (χ0v) is 16.1. The third kappa shape index (κ3) is 6.83. The molecule has 2 rings (SSSR count). The van der Waals surface area contributed by atoms with Gasteiger partial charge in [0.2, 0.25) is 5.91 Å². The zero-order valence-electron chi connectivity index (χ0n) is 15.2. The van der Waals surface area contributed by atoms with E-state index in [4.69, 9.17) is 4.74 Å². The van der Waals surface area contributed by atoms with Gasteiger partial charge in [-0.05, 0) is 43.5 Å². The predicted octanol–water partition coefficient (Wildman–Crippen LogP) is 4.68. The van der Waals surface area contributed by atoms with Gasteiger partial charge < -0.3 is 10.1 Å². The van der Waals surface area contributed by atoms with Crippen LogP contribution in [0.1, 0.15) is 36.1 Å². The lowest BCUT2D eigenvalue weighted by atomic mass is 10.1. The Labute approximate surface area is 155 Å². The van der Waals surface area contributed by atoms with Crippen molar-refractivity contribution in [1.29, 1.82) is 0 Å². The van der Waals surface area contributed by atoms with Crippen LogP contribution in [0, 0.1) is 13.8 Å². The number of nitrogens with one attached hydrogen (secondary N) is 1. The van der Waals surface area contributed by atoms with E-state index in [0.29, 0.717) is 13.0 Å². The van der Waals surface area contributed by atoms with E-state index in [1.165, 1.54) is 5.56 Å². The largest absolute Gasteiger partial charge is 0.492 e. The lowest BCUT2D eigenvalue weighted by molar-refractivity contribution is -0.121. The van der Waals surface area contributed by atoms with Crippen molar-refractivity contribution in [2.24, 2.45) is 0 Å². The zero-order chi connectivity index (χ0) is 18.1. The van der Waals surface area contributed by atoms with Crippen LogP contribution in [0.2, 0.25) is 0 Å². The molecule has 0 aliphatic heterocycles. The molecule has 1 amide bonds. The van der Waals surface area contributed by atoms with E-state index in [1.807, 2.05) is 37.3 Å². The van der Waals surface area contributed by atoms with E-state index in [0.717, 1.165) is 28.4 Å². The monoisotopic (exact) mass is 357 g/mol. The Morgan fingerprint density at radius 1 is 1.12 bits per heavy atom. The van der Waals surface area contributed by atoms with E-state index in [-0.39, 0.29) is 11.9 Å². The lowest BCUT2D eigenvalue weighted by Crippen LogP contribution is -2.26. The van der Waals surface area contributed by atoms with Crippen LogP contribution in [0.25, 0.3) is 0 Å². The van der Waals surface area contributed by atoms with Crippen molar-refractivity contribution >= 4 is 17.7 Å². The van der Waals surface area contributed by atoms with Gasteiger partial charge >= 0.3 is 0 Å². The minimum Gasteiger partial charge on any atom is -0.492 e. The van der Waals surface area contributed by atoms with Crippen LogP contribution in [0.5, 0.6) is 5.75 Å². The van der Waals surface area contributed by atoms with Crippen molar-refractivity contribution in [2.45, 2.75) is 33.2 Å². The number of aryl methyl sites for hydroxylation is 2. The maximum absolute atomic E-state index is 12.0. The van der Waals surface area contributed by atoms with Crippen molar-refractivity contribution in [2.75, 3.05) is 18.1 Å². The molecule has 0 aromatic heterocycles. The Bertz CT molecular complexity index is 673. The van der Waals surface area contributed by atoms with Crippen LogP contribution in [0.3, 0.4) is 0 Å². The van der Waals surface area contributed by atoms with Gasteiger partial charge in [0.25, 0.3) is 0 Å². The number of rotatable bonds is 9. The fourth-order valence-electron chi connectivity index (χ4n) is 2.48. The molecular formula is C21H27NO2S. The van der Waals surface area contributed by atoms with E-state index in [2.05, 4.69) is 37.4 Å². The summed E-state index contributed by atoms with van der Waals surface area (Å²) in [5, 5.41) is 3.04. The van der Waals surface area contributed by atoms with Crippen LogP contribution in [0.15, 0.2) is 48.5 Å². The van der Waals surface area contributed by atoms with Gasteiger partial charge in [0, 0.05) is 17.9 Å². The van der Waals surface area contributed by atoms with E-state index < -0.39 is 0 Å². The summed E-state index contributed by atoms with van der Waals surface area (Å²) in [7, 11) is 0. The number of benzene rings is 2. The highest BCUT2D eigenvalue weighted by Crippen LogP contribution is 2.19. The minimum absolute atomic E-state index is 0.0475. The smallest absolute Gasteiger partial charge is 0.221 e. The summed E-state index contributed by atoms with van der Waals surface area (Å²) in [5.41, 5.74) is 3.49. The third-order valence-electron chi connectivity index (χ3n) is 3.98. The first-order chi connectivity index (χ1) is 12.1. The predicted molar refractivity (Wildman–Crippen MR) is 106 cm³/mol. The molecule has 2 aromatic carbocycles. The SMILES string of the molecule is Cc1ccc(C)c(OCCSCCC(=O)N[C@@H](C)c2ccccc2)c1. The molecule has 134 valence electrons. The van der Waals surface area contributed by atoms with Crippen molar-refractivity contribution < 1.29 is 9.53 Å². The Balaban J connectivity index is 1.59. The molecule has 0 saturated carbocycles. The summed E-state index contributed by atoms with van der Waals surface area (Å²) in [6, 6.07) is 16.3. The molecular weight excluding hydrogens is 330 g/mol. The molecule has 0 spiro atoms. The summed E-state index contributed by atoms with van der Waals surface area (Å²) >= 11 is 1.75. The van der Waals surface area contributed by atoms with Gasteiger partial charge in [0.05, 0.1) is 12.6 Å². The summed E-state index contributed by atoms with van der Waals surface area (Å²) < 4.78 is 5.83. The second-order valence-electron chi connectivity index (χ2n) is 6.18. The topological polar surface area (TPSA) is 38.3 Å². The number of hydrogen-bond acceptors (Lipinski definition) is 3. The molecule has 0 fully saturated rings. The normalized spacial score (nSPS) is 11.8. The molecule has 1 atom stereocenters. The quantitative estimate of drug-likeness (QED) is 0.662.